The number of halogens is 4. The zero-order valence-corrected chi connectivity index (χ0v) is 25.3. The molecular weight excluding hydrogens is 564 g/mol. The van der Waals surface area contributed by atoms with Gasteiger partial charge >= 0.3 is 0 Å². The summed E-state index contributed by atoms with van der Waals surface area (Å²) in [6.45, 7) is 4.10. The smallest absolute Gasteiger partial charge is 0.201 e. The summed E-state index contributed by atoms with van der Waals surface area (Å²) in [5, 5.41) is 0. The van der Waals surface area contributed by atoms with Crippen LogP contribution in [0.25, 0.3) is 27.8 Å². The summed E-state index contributed by atoms with van der Waals surface area (Å²) in [4.78, 5) is 0. The first kappa shape index (κ1) is 31.4. The number of ether oxygens (including phenoxy) is 2. The van der Waals surface area contributed by atoms with Crippen molar-refractivity contribution in [2.24, 2.45) is 0 Å². The fourth-order valence-electron chi connectivity index (χ4n) is 6.03. The zero-order valence-electron chi connectivity index (χ0n) is 25.3. The van der Waals surface area contributed by atoms with Crippen LogP contribution in [0, 0.1) is 23.3 Å². The highest BCUT2D eigenvalue weighted by Gasteiger charge is 2.19. The van der Waals surface area contributed by atoms with E-state index in [0.717, 1.165) is 18.4 Å². The first-order chi connectivity index (χ1) is 21.4. The maximum atomic E-state index is 14.2. The molecule has 6 rings (SSSR count). The predicted molar refractivity (Wildman–Crippen MR) is 169 cm³/mol. The predicted octanol–water partition coefficient (Wildman–Crippen LogP) is 11.3. The number of benzene rings is 4. The van der Waals surface area contributed by atoms with Gasteiger partial charge in [-0.25, -0.2) is 8.78 Å². The molecule has 2 aliphatic carbocycles. The van der Waals surface area contributed by atoms with Crippen LogP contribution in [0.3, 0.4) is 0 Å². The molecule has 0 N–H and O–H groups in total. The van der Waals surface area contributed by atoms with E-state index in [0.29, 0.717) is 30.3 Å². The van der Waals surface area contributed by atoms with Gasteiger partial charge in [-0.05, 0) is 104 Å². The molecule has 230 valence electrons. The second-order valence-electron chi connectivity index (χ2n) is 11.1. The second-order valence-corrected chi connectivity index (χ2v) is 11.1. The minimum absolute atomic E-state index is 0.0358. The largest absolute Gasteiger partial charge is 0.491 e. The van der Waals surface area contributed by atoms with Crippen molar-refractivity contribution >= 4 is 5.57 Å². The Morgan fingerprint density at radius 3 is 1.50 bits per heavy atom. The number of hydrogen-bond acceptors (Lipinski definition) is 2. The van der Waals surface area contributed by atoms with Crippen LogP contribution in [0.1, 0.15) is 75.8 Å². The van der Waals surface area contributed by atoms with E-state index in [1.54, 1.807) is 26.0 Å². The van der Waals surface area contributed by atoms with Crippen molar-refractivity contribution in [3.63, 3.8) is 0 Å². The Morgan fingerprint density at radius 1 is 0.568 bits per heavy atom. The third-order valence-electron chi connectivity index (χ3n) is 8.35. The van der Waals surface area contributed by atoms with Crippen molar-refractivity contribution < 1.29 is 27.0 Å². The summed E-state index contributed by atoms with van der Waals surface area (Å²) in [7, 11) is 0. The second kappa shape index (κ2) is 14.6. The fourth-order valence-corrected chi connectivity index (χ4v) is 6.03. The number of hydrogen-bond donors (Lipinski definition) is 0. The summed E-state index contributed by atoms with van der Waals surface area (Å²) < 4.78 is 66.5. The highest BCUT2D eigenvalue weighted by atomic mass is 19.2. The van der Waals surface area contributed by atoms with Gasteiger partial charge in [0, 0.05) is 11.1 Å². The highest BCUT2D eigenvalue weighted by molar-refractivity contribution is 5.72. The molecular formula is C38H38F4O2. The third-order valence-corrected chi connectivity index (χ3v) is 8.35. The lowest BCUT2D eigenvalue weighted by Crippen LogP contribution is -1.99. The van der Waals surface area contributed by atoms with Crippen LogP contribution in [0.2, 0.25) is 0 Å². The first-order valence-corrected chi connectivity index (χ1v) is 15.5. The molecule has 0 bridgehead atoms. The van der Waals surface area contributed by atoms with Crippen molar-refractivity contribution in [2.75, 3.05) is 13.2 Å². The van der Waals surface area contributed by atoms with Crippen molar-refractivity contribution in [1.82, 2.24) is 0 Å². The van der Waals surface area contributed by atoms with Crippen molar-refractivity contribution in [1.29, 1.82) is 0 Å². The molecule has 4 aromatic carbocycles. The van der Waals surface area contributed by atoms with Crippen molar-refractivity contribution in [3.05, 3.63) is 113 Å². The summed E-state index contributed by atoms with van der Waals surface area (Å²) in [5.41, 5.74) is 5.70. The Kier molecular flexibility index (Phi) is 10.4. The highest BCUT2D eigenvalue weighted by Crippen LogP contribution is 2.36. The third kappa shape index (κ3) is 7.01. The standard InChI is InChI=1S/C19H20F2O.C19H18F2O/c2*1-2-22-17-12-11-16(18(20)19(17)21)15-9-7-14(8-10-15)13-5-3-4-6-13/h7-13H,2-6H2,1H3;5,7-12H,2-4,6H2,1H3. The minimum Gasteiger partial charge on any atom is -0.491 e. The molecule has 0 spiro atoms. The SMILES string of the molecule is CCOc1ccc(-c2ccc(C3=CCCC3)cc2)c(F)c1F.CCOc1ccc(-c2ccc(C3CCCC3)cc2)c(F)c1F. The van der Waals surface area contributed by atoms with Crippen LogP contribution in [0.4, 0.5) is 17.6 Å². The van der Waals surface area contributed by atoms with E-state index in [4.69, 9.17) is 9.47 Å². The van der Waals surface area contributed by atoms with Crippen molar-refractivity contribution in [3.8, 4) is 33.8 Å². The Labute approximate surface area is 257 Å². The summed E-state index contributed by atoms with van der Waals surface area (Å²) in [5.74, 6) is -3.02. The van der Waals surface area contributed by atoms with E-state index < -0.39 is 23.3 Å². The molecule has 0 aliphatic heterocycles. The molecule has 6 heteroatoms. The summed E-state index contributed by atoms with van der Waals surface area (Å²) >= 11 is 0. The van der Waals surface area contributed by atoms with Gasteiger partial charge < -0.3 is 9.47 Å². The number of rotatable bonds is 8. The summed E-state index contributed by atoms with van der Waals surface area (Å²) in [6, 6.07) is 21.6. The lowest BCUT2D eigenvalue weighted by Gasteiger charge is -2.12. The molecule has 44 heavy (non-hydrogen) atoms. The Hall–Kier alpha value is -4.06. The van der Waals surface area contributed by atoms with E-state index in [1.807, 2.05) is 48.5 Å². The zero-order chi connectivity index (χ0) is 31.1. The van der Waals surface area contributed by atoms with Crippen LogP contribution < -0.4 is 9.47 Å². The Balaban J connectivity index is 0.000000175. The van der Waals surface area contributed by atoms with E-state index in [9.17, 15) is 17.6 Å². The Bertz CT molecular complexity index is 1590. The van der Waals surface area contributed by atoms with Gasteiger partial charge in [-0.1, -0.05) is 67.4 Å². The lowest BCUT2D eigenvalue weighted by molar-refractivity contribution is 0.314. The van der Waals surface area contributed by atoms with E-state index >= 15 is 0 Å². The average molecular weight is 603 g/mol. The van der Waals surface area contributed by atoms with Gasteiger partial charge in [0.25, 0.3) is 0 Å². The van der Waals surface area contributed by atoms with Crippen molar-refractivity contribution in [2.45, 2.75) is 64.7 Å². The molecule has 0 amide bonds. The maximum Gasteiger partial charge on any atom is 0.201 e. The normalized spacial score (nSPS) is 14.6. The van der Waals surface area contributed by atoms with E-state index in [-0.39, 0.29) is 22.6 Å². The topological polar surface area (TPSA) is 18.5 Å². The van der Waals surface area contributed by atoms with E-state index in [1.165, 1.54) is 55.4 Å². The molecule has 0 aromatic heterocycles. The van der Waals surface area contributed by atoms with Crippen LogP contribution in [0.5, 0.6) is 11.5 Å². The molecule has 2 nitrogen and oxygen atoms in total. The van der Waals surface area contributed by atoms with Gasteiger partial charge in [0.15, 0.2) is 23.1 Å². The van der Waals surface area contributed by atoms with Gasteiger partial charge in [0.05, 0.1) is 13.2 Å². The molecule has 0 saturated heterocycles. The minimum atomic E-state index is -0.929. The van der Waals surface area contributed by atoms with Crippen LogP contribution >= 0.6 is 0 Å². The molecule has 0 unspecified atom stereocenters. The van der Waals surface area contributed by atoms with Gasteiger partial charge in [-0.15, -0.1) is 0 Å². The monoisotopic (exact) mass is 602 g/mol. The lowest BCUT2D eigenvalue weighted by atomic mass is 9.95. The van der Waals surface area contributed by atoms with Gasteiger partial charge in [0.2, 0.25) is 11.6 Å². The molecule has 1 fully saturated rings. The molecule has 1 saturated carbocycles. The summed E-state index contributed by atoms with van der Waals surface area (Å²) in [6.07, 6.45) is 10.7. The van der Waals surface area contributed by atoms with Gasteiger partial charge in [-0.3, -0.25) is 0 Å². The molecule has 4 aromatic rings. The number of allylic oxidation sites excluding steroid dienone is 2. The quantitative estimate of drug-likeness (QED) is 0.187. The van der Waals surface area contributed by atoms with Crippen LogP contribution in [-0.4, -0.2) is 13.2 Å². The molecule has 2 aliphatic rings. The Morgan fingerprint density at radius 2 is 1.05 bits per heavy atom. The van der Waals surface area contributed by atoms with E-state index in [2.05, 4.69) is 6.08 Å². The molecule has 0 radical (unpaired) electrons. The van der Waals surface area contributed by atoms with Crippen LogP contribution in [0.15, 0.2) is 78.9 Å². The average Bonchev–Trinajstić information content (AvgIpc) is 3.79. The van der Waals surface area contributed by atoms with Gasteiger partial charge in [-0.2, -0.15) is 8.78 Å². The molecule has 0 atom stereocenters. The first-order valence-electron chi connectivity index (χ1n) is 15.5. The molecule has 0 heterocycles. The van der Waals surface area contributed by atoms with Crippen LogP contribution in [-0.2, 0) is 0 Å². The fraction of sp³-hybridized carbons (Fsp3) is 0.316. The maximum absolute atomic E-state index is 14.2. The van der Waals surface area contributed by atoms with Gasteiger partial charge in [0.1, 0.15) is 0 Å².